The van der Waals surface area contributed by atoms with Crippen molar-refractivity contribution in [1.82, 2.24) is 9.13 Å². The van der Waals surface area contributed by atoms with Gasteiger partial charge in [0.2, 0.25) is 0 Å². The number of hydrogen-bond acceptors (Lipinski definition) is 0. The molecule has 0 N–H and O–H groups in total. The van der Waals surface area contributed by atoms with Crippen LogP contribution in [0.15, 0.2) is 194 Å². The quantitative estimate of drug-likeness (QED) is 0.133. The van der Waals surface area contributed by atoms with E-state index >= 15 is 0 Å². The molecule has 0 spiro atoms. The SMILES string of the molecule is c1ccc(-n2c3ccc(C(c4ccccc4)(c4ccccc4)n4ccc5ccccc54)cc3c3c4ccccc4c4ccccc4c32)cc1. The fourth-order valence-electron chi connectivity index (χ4n) is 8.40. The monoisotopic (exact) mass is 624 g/mol. The van der Waals surface area contributed by atoms with Crippen LogP contribution in [-0.2, 0) is 5.54 Å². The molecule has 0 saturated carbocycles. The molecule has 0 radical (unpaired) electrons. The second-order valence-corrected chi connectivity index (χ2v) is 12.9. The summed E-state index contributed by atoms with van der Waals surface area (Å²) in [7, 11) is 0. The Hall–Kier alpha value is -6.38. The molecule has 0 bridgehead atoms. The topological polar surface area (TPSA) is 9.86 Å². The Morgan fingerprint density at radius 3 is 1.61 bits per heavy atom. The zero-order valence-electron chi connectivity index (χ0n) is 26.9. The Labute approximate surface area is 284 Å². The molecule has 0 amide bonds. The first-order valence-electron chi connectivity index (χ1n) is 17.0. The van der Waals surface area contributed by atoms with Crippen LogP contribution in [0.2, 0.25) is 0 Å². The van der Waals surface area contributed by atoms with Crippen molar-refractivity contribution in [2.24, 2.45) is 0 Å². The van der Waals surface area contributed by atoms with Crippen LogP contribution in [0.4, 0.5) is 0 Å². The maximum absolute atomic E-state index is 2.48. The van der Waals surface area contributed by atoms with Gasteiger partial charge in [-0.25, -0.2) is 0 Å². The standard InChI is InChI=1S/C47H32N2/c1-4-17-34(18-5-1)47(35-19-6-2-7-20-35,48-31-30-33-16-10-15-27-43(33)48)36-28-29-44-42(32-36)45-40-25-13-11-23-38(40)39-24-12-14-26-41(39)46(45)49(44)37-21-8-3-9-22-37/h1-32H. The van der Waals surface area contributed by atoms with Crippen LogP contribution in [0.1, 0.15) is 16.7 Å². The minimum Gasteiger partial charge on any atom is -0.329 e. The summed E-state index contributed by atoms with van der Waals surface area (Å²) in [6.45, 7) is 0. The Bertz CT molecular complexity index is 2770. The lowest BCUT2D eigenvalue weighted by molar-refractivity contribution is 0.534. The summed E-state index contributed by atoms with van der Waals surface area (Å²) in [5.74, 6) is 0. The fraction of sp³-hybridized carbons (Fsp3) is 0.0213. The molecule has 0 fully saturated rings. The highest BCUT2D eigenvalue weighted by Gasteiger charge is 2.39. The zero-order valence-corrected chi connectivity index (χ0v) is 26.9. The summed E-state index contributed by atoms with van der Waals surface area (Å²) in [5, 5.41) is 8.81. The van der Waals surface area contributed by atoms with E-state index in [0.717, 1.165) is 5.69 Å². The number of para-hydroxylation sites is 2. The van der Waals surface area contributed by atoms with Gasteiger partial charge in [0.05, 0.1) is 11.0 Å². The second-order valence-electron chi connectivity index (χ2n) is 12.9. The third-order valence-corrected chi connectivity index (χ3v) is 10.4. The van der Waals surface area contributed by atoms with Gasteiger partial charge in [-0.2, -0.15) is 0 Å². The lowest BCUT2D eigenvalue weighted by Crippen LogP contribution is -2.37. The van der Waals surface area contributed by atoms with E-state index in [1.807, 2.05) is 0 Å². The predicted molar refractivity (Wildman–Crippen MR) is 206 cm³/mol. The van der Waals surface area contributed by atoms with E-state index < -0.39 is 5.54 Å². The van der Waals surface area contributed by atoms with Crippen molar-refractivity contribution < 1.29 is 0 Å². The number of hydrogen-bond donors (Lipinski definition) is 0. The summed E-state index contributed by atoms with van der Waals surface area (Å²) in [6.07, 6.45) is 2.27. The van der Waals surface area contributed by atoms with Crippen molar-refractivity contribution in [3.63, 3.8) is 0 Å². The van der Waals surface area contributed by atoms with Gasteiger partial charge in [-0.05, 0) is 74.6 Å². The van der Waals surface area contributed by atoms with E-state index in [-0.39, 0.29) is 0 Å². The molecule has 2 nitrogen and oxygen atoms in total. The molecule has 2 heteroatoms. The van der Waals surface area contributed by atoms with Gasteiger partial charge in [-0.3, -0.25) is 0 Å². The van der Waals surface area contributed by atoms with E-state index in [4.69, 9.17) is 0 Å². The molecule has 2 aromatic heterocycles. The van der Waals surface area contributed by atoms with Crippen molar-refractivity contribution in [3.8, 4) is 5.69 Å². The van der Waals surface area contributed by atoms with Crippen molar-refractivity contribution in [3.05, 3.63) is 211 Å². The summed E-state index contributed by atoms with van der Waals surface area (Å²) < 4.78 is 4.96. The molecule has 230 valence electrons. The highest BCUT2D eigenvalue weighted by molar-refractivity contribution is 6.32. The Balaban J connectivity index is 1.43. The molecular weight excluding hydrogens is 593 g/mol. The molecule has 0 saturated heterocycles. The Morgan fingerprint density at radius 1 is 0.367 bits per heavy atom. The molecule has 0 aliphatic heterocycles. The molecule has 0 atom stereocenters. The largest absolute Gasteiger partial charge is 0.329 e. The van der Waals surface area contributed by atoms with Crippen LogP contribution in [0.3, 0.4) is 0 Å². The van der Waals surface area contributed by atoms with E-state index in [2.05, 4.69) is 203 Å². The lowest BCUT2D eigenvalue weighted by Gasteiger charge is -2.38. The first kappa shape index (κ1) is 27.7. The molecule has 10 aromatic rings. The lowest BCUT2D eigenvalue weighted by atomic mass is 9.76. The van der Waals surface area contributed by atoms with Crippen LogP contribution in [0.5, 0.6) is 0 Å². The molecule has 10 rings (SSSR count). The summed E-state index contributed by atoms with van der Waals surface area (Å²) in [5.41, 5.74) is 7.77. The zero-order chi connectivity index (χ0) is 32.4. The smallest absolute Gasteiger partial charge is 0.120 e. The Kier molecular flexibility index (Phi) is 6.13. The summed E-state index contributed by atoms with van der Waals surface area (Å²) >= 11 is 0. The minimum atomic E-state index is -0.645. The maximum atomic E-state index is 2.48. The fourth-order valence-corrected chi connectivity index (χ4v) is 8.40. The van der Waals surface area contributed by atoms with Crippen molar-refractivity contribution in [1.29, 1.82) is 0 Å². The third kappa shape index (κ3) is 3.95. The molecule has 0 unspecified atom stereocenters. The van der Waals surface area contributed by atoms with Gasteiger partial charge in [-0.1, -0.05) is 152 Å². The van der Waals surface area contributed by atoms with Gasteiger partial charge >= 0.3 is 0 Å². The van der Waals surface area contributed by atoms with E-state index in [9.17, 15) is 0 Å². The number of fused-ring (bicyclic) bond motifs is 9. The van der Waals surface area contributed by atoms with E-state index in [1.165, 1.54) is 70.9 Å². The highest BCUT2D eigenvalue weighted by Crippen LogP contribution is 2.47. The van der Waals surface area contributed by atoms with Crippen LogP contribution >= 0.6 is 0 Å². The molecular formula is C47H32N2. The van der Waals surface area contributed by atoms with Crippen molar-refractivity contribution >= 4 is 54.3 Å². The predicted octanol–water partition coefficient (Wildman–Crippen LogP) is 11.9. The minimum absolute atomic E-state index is 0.645. The van der Waals surface area contributed by atoms with E-state index in [1.54, 1.807) is 0 Å². The van der Waals surface area contributed by atoms with Gasteiger partial charge in [0.25, 0.3) is 0 Å². The first-order valence-corrected chi connectivity index (χ1v) is 17.0. The highest BCUT2D eigenvalue weighted by atomic mass is 15.1. The van der Waals surface area contributed by atoms with Gasteiger partial charge < -0.3 is 9.13 Å². The third-order valence-electron chi connectivity index (χ3n) is 10.4. The molecule has 0 aliphatic carbocycles. The van der Waals surface area contributed by atoms with Gasteiger partial charge in [0.15, 0.2) is 0 Å². The maximum Gasteiger partial charge on any atom is 0.120 e. The van der Waals surface area contributed by atoms with Gasteiger partial charge in [-0.15, -0.1) is 0 Å². The first-order chi connectivity index (χ1) is 24.3. The average Bonchev–Trinajstić information content (AvgIpc) is 3.77. The number of aromatic nitrogens is 2. The van der Waals surface area contributed by atoms with Crippen LogP contribution < -0.4 is 0 Å². The number of rotatable bonds is 5. The summed E-state index contributed by atoms with van der Waals surface area (Å²) in [6, 6.07) is 68.8. The number of nitrogens with zero attached hydrogens (tertiary/aromatic N) is 2. The molecule has 8 aromatic carbocycles. The van der Waals surface area contributed by atoms with Crippen LogP contribution in [0, 0.1) is 0 Å². The van der Waals surface area contributed by atoms with Crippen LogP contribution in [-0.4, -0.2) is 9.13 Å². The van der Waals surface area contributed by atoms with E-state index in [0.29, 0.717) is 0 Å². The van der Waals surface area contributed by atoms with Crippen molar-refractivity contribution in [2.45, 2.75) is 5.54 Å². The normalized spacial score (nSPS) is 12.1. The Morgan fingerprint density at radius 2 is 0.918 bits per heavy atom. The van der Waals surface area contributed by atoms with Crippen molar-refractivity contribution in [2.75, 3.05) is 0 Å². The average molecular weight is 625 g/mol. The second kappa shape index (κ2) is 10.8. The van der Waals surface area contributed by atoms with Crippen LogP contribution in [0.25, 0.3) is 59.9 Å². The molecule has 49 heavy (non-hydrogen) atoms. The molecule has 2 heterocycles. The van der Waals surface area contributed by atoms with Gasteiger partial charge in [0.1, 0.15) is 5.54 Å². The number of benzene rings is 8. The van der Waals surface area contributed by atoms with Gasteiger partial charge in [0, 0.05) is 33.6 Å². The summed E-state index contributed by atoms with van der Waals surface area (Å²) in [4.78, 5) is 0. The molecule has 0 aliphatic rings.